The maximum Gasteiger partial charge on any atom is 0.511 e. The molecule has 3 atom stereocenters. The Hall–Kier alpha value is -2.24. The molecular weight excluding hydrogens is 390 g/mol. The van der Waals surface area contributed by atoms with Gasteiger partial charge in [0.05, 0.1) is 11.5 Å². The average Bonchev–Trinajstić information content (AvgIpc) is 3.07. The van der Waals surface area contributed by atoms with Crippen LogP contribution < -0.4 is 9.64 Å². The second-order valence-corrected chi connectivity index (χ2v) is 8.08. The van der Waals surface area contributed by atoms with Crippen LogP contribution in [0.4, 0.5) is 10.5 Å². The van der Waals surface area contributed by atoms with Crippen molar-refractivity contribution >= 4 is 23.4 Å². The molecule has 1 saturated heterocycles. The molecule has 0 aliphatic carbocycles. The zero-order chi connectivity index (χ0) is 20.8. The van der Waals surface area contributed by atoms with Gasteiger partial charge in [-0.1, -0.05) is 37.6 Å². The summed E-state index contributed by atoms with van der Waals surface area (Å²) in [6, 6.07) is 15.5. The maximum absolute atomic E-state index is 10.7. The second kappa shape index (κ2) is 9.99. The van der Waals surface area contributed by atoms with Crippen molar-refractivity contribution < 1.29 is 19.7 Å². The zero-order valence-corrected chi connectivity index (χ0v) is 17.4. The van der Waals surface area contributed by atoms with E-state index >= 15 is 0 Å². The molecule has 1 heterocycles. The van der Waals surface area contributed by atoms with Gasteiger partial charge < -0.3 is 19.8 Å². The fourth-order valence-corrected chi connectivity index (χ4v) is 4.34. The Morgan fingerprint density at radius 3 is 2.72 bits per heavy atom. The summed E-state index contributed by atoms with van der Waals surface area (Å²) in [5, 5.41) is 19.0. The molecule has 2 aromatic rings. The van der Waals surface area contributed by atoms with E-state index in [2.05, 4.69) is 24.0 Å². The number of anilines is 1. The number of aliphatic hydroxyl groups is 1. The van der Waals surface area contributed by atoms with Crippen LogP contribution in [0.1, 0.15) is 49.8 Å². The lowest BCUT2D eigenvalue weighted by atomic mass is 10.0. The van der Waals surface area contributed by atoms with Crippen molar-refractivity contribution in [2.45, 2.75) is 56.6 Å². The highest BCUT2D eigenvalue weighted by atomic mass is 35.5. The minimum atomic E-state index is -1.31. The monoisotopic (exact) mass is 417 g/mol. The van der Waals surface area contributed by atoms with Gasteiger partial charge in [0.15, 0.2) is 0 Å². The number of benzene rings is 2. The van der Waals surface area contributed by atoms with Gasteiger partial charge in [0.25, 0.3) is 0 Å². The molecule has 6 heteroatoms. The van der Waals surface area contributed by atoms with Crippen molar-refractivity contribution in [1.29, 1.82) is 0 Å². The molecule has 2 aromatic carbocycles. The molecular formula is C23H28ClNO4. The fourth-order valence-electron chi connectivity index (χ4n) is 3.98. The minimum absolute atomic E-state index is 0.0683. The van der Waals surface area contributed by atoms with E-state index in [1.54, 1.807) is 18.2 Å². The number of aryl methyl sites for hydroxylation is 1. The van der Waals surface area contributed by atoms with E-state index in [0.29, 0.717) is 5.75 Å². The van der Waals surface area contributed by atoms with Crippen LogP contribution in [-0.2, 0) is 6.42 Å². The number of aliphatic hydroxyl groups excluding tert-OH is 1. The number of hydrogen-bond donors (Lipinski definition) is 2. The van der Waals surface area contributed by atoms with Gasteiger partial charge in [0.2, 0.25) is 0 Å². The molecule has 1 aliphatic heterocycles. The maximum atomic E-state index is 10.7. The van der Waals surface area contributed by atoms with Gasteiger partial charge in [-0.3, -0.25) is 0 Å². The van der Waals surface area contributed by atoms with Crippen molar-refractivity contribution in [3.63, 3.8) is 0 Å². The summed E-state index contributed by atoms with van der Waals surface area (Å²) < 4.78 is 4.75. The highest BCUT2D eigenvalue weighted by molar-refractivity contribution is 6.21. The third-order valence-electron chi connectivity index (χ3n) is 5.47. The van der Waals surface area contributed by atoms with Gasteiger partial charge in [-0.05, 0) is 61.1 Å². The minimum Gasteiger partial charge on any atom is -0.449 e. The summed E-state index contributed by atoms with van der Waals surface area (Å²) in [6.45, 7) is 2.97. The third-order valence-corrected chi connectivity index (χ3v) is 5.98. The van der Waals surface area contributed by atoms with Crippen LogP contribution in [0.5, 0.6) is 5.75 Å². The Morgan fingerprint density at radius 1 is 1.28 bits per heavy atom. The summed E-state index contributed by atoms with van der Waals surface area (Å²) >= 11 is 6.63. The van der Waals surface area contributed by atoms with Crippen LogP contribution in [0, 0.1) is 0 Å². The first-order chi connectivity index (χ1) is 14.0. The van der Waals surface area contributed by atoms with Gasteiger partial charge in [0.1, 0.15) is 5.75 Å². The second-order valence-electron chi connectivity index (χ2n) is 7.52. The predicted molar refractivity (Wildman–Crippen MR) is 115 cm³/mol. The van der Waals surface area contributed by atoms with Gasteiger partial charge in [-0.25, -0.2) is 4.79 Å². The summed E-state index contributed by atoms with van der Waals surface area (Å²) in [4.78, 5) is 13.1. The molecule has 156 valence electrons. The molecule has 29 heavy (non-hydrogen) atoms. The van der Waals surface area contributed by atoms with Crippen LogP contribution in [0.15, 0.2) is 48.5 Å². The summed E-state index contributed by atoms with van der Waals surface area (Å²) in [5.41, 5.74) is 3.09. The van der Waals surface area contributed by atoms with E-state index in [0.717, 1.165) is 55.5 Å². The van der Waals surface area contributed by atoms with Crippen LogP contribution >= 0.6 is 11.6 Å². The molecule has 2 N–H and O–H groups in total. The Morgan fingerprint density at radius 2 is 2.03 bits per heavy atom. The number of carboxylic acid groups (broad SMARTS) is 1. The predicted octanol–water partition coefficient (Wildman–Crippen LogP) is 5.40. The standard InChI is InChI=1S/C23H28ClNO4/c1-2-4-22(26)17-8-10-18(11-9-17)25-14-13-20(24)21(25)12-7-16-5-3-6-19(15-16)29-23(27)28/h3,5-6,8-11,15,20-22,26H,2,4,7,12-14H2,1H3,(H,27,28). The molecule has 0 aromatic heterocycles. The van der Waals surface area contributed by atoms with Gasteiger partial charge in [-0.15, -0.1) is 11.6 Å². The molecule has 0 bridgehead atoms. The summed E-state index contributed by atoms with van der Waals surface area (Å²) in [5.74, 6) is 0.335. The van der Waals surface area contributed by atoms with Crippen molar-refractivity contribution in [1.82, 2.24) is 0 Å². The zero-order valence-electron chi connectivity index (χ0n) is 16.6. The lowest BCUT2D eigenvalue weighted by Gasteiger charge is -2.28. The SMILES string of the molecule is CCCC(O)c1ccc(N2CCC(Cl)C2CCc2cccc(OC(=O)O)c2)cc1. The quantitative estimate of drug-likeness (QED) is 0.342. The molecule has 5 nitrogen and oxygen atoms in total. The van der Waals surface area contributed by atoms with Crippen LogP contribution in [0.25, 0.3) is 0 Å². The molecule has 0 radical (unpaired) electrons. The molecule has 1 fully saturated rings. The number of rotatable bonds is 8. The Balaban J connectivity index is 1.66. The Kier molecular flexibility index (Phi) is 7.40. The highest BCUT2D eigenvalue weighted by Gasteiger charge is 2.32. The smallest absolute Gasteiger partial charge is 0.449 e. The third kappa shape index (κ3) is 5.64. The van der Waals surface area contributed by atoms with E-state index in [9.17, 15) is 9.90 Å². The topological polar surface area (TPSA) is 70.0 Å². The van der Waals surface area contributed by atoms with Crippen LogP contribution in [-0.4, -0.2) is 34.3 Å². The van der Waals surface area contributed by atoms with Crippen molar-refractivity contribution in [3.8, 4) is 5.75 Å². The van der Waals surface area contributed by atoms with Crippen molar-refractivity contribution in [2.75, 3.05) is 11.4 Å². The van der Waals surface area contributed by atoms with Crippen LogP contribution in [0.2, 0.25) is 0 Å². The number of carbonyl (C=O) groups is 1. The first-order valence-corrected chi connectivity index (χ1v) is 10.6. The summed E-state index contributed by atoms with van der Waals surface area (Å²) in [6.07, 6.45) is 2.57. The Labute approximate surface area is 176 Å². The largest absolute Gasteiger partial charge is 0.511 e. The molecule has 3 rings (SSSR count). The molecule has 0 saturated carbocycles. The van der Waals surface area contributed by atoms with Gasteiger partial charge in [0, 0.05) is 18.3 Å². The lowest BCUT2D eigenvalue weighted by molar-refractivity contribution is 0.144. The van der Waals surface area contributed by atoms with E-state index < -0.39 is 12.3 Å². The first-order valence-electron chi connectivity index (χ1n) is 10.2. The highest BCUT2D eigenvalue weighted by Crippen LogP contribution is 2.33. The first kappa shape index (κ1) is 21.5. The average molecular weight is 418 g/mol. The van der Waals surface area contributed by atoms with E-state index in [4.69, 9.17) is 21.4 Å². The van der Waals surface area contributed by atoms with E-state index in [1.165, 1.54) is 0 Å². The van der Waals surface area contributed by atoms with Crippen LogP contribution in [0.3, 0.4) is 0 Å². The van der Waals surface area contributed by atoms with E-state index in [1.807, 2.05) is 18.2 Å². The number of halogens is 1. The lowest BCUT2D eigenvalue weighted by Crippen LogP contribution is -2.33. The number of hydrogen-bond acceptors (Lipinski definition) is 4. The number of alkyl halides is 1. The molecule has 0 amide bonds. The Bertz CT molecular complexity index is 811. The normalized spacial score (nSPS) is 19.9. The summed E-state index contributed by atoms with van der Waals surface area (Å²) in [7, 11) is 0. The molecule has 0 spiro atoms. The van der Waals surface area contributed by atoms with Crippen molar-refractivity contribution in [2.24, 2.45) is 0 Å². The number of ether oxygens (including phenoxy) is 1. The van der Waals surface area contributed by atoms with Gasteiger partial charge >= 0.3 is 6.16 Å². The number of nitrogens with zero attached hydrogens (tertiary/aromatic N) is 1. The molecule has 3 unspecified atom stereocenters. The fraction of sp³-hybridized carbons (Fsp3) is 0.435. The van der Waals surface area contributed by atoms with E-state index in [-0.39, 0.29) is 11.4 Å². The van der Waals surface area contributed by atoms with Crippen molar-refractivity contribution in [3.05, 3.63) is 59.7 Å². The van der Waals surface area contributed by atoms with Gasteiger partial charge in [-0.2, -0.15) is 0 Å². The molecule has 1 aliphatic rings.